The fraction of sp³-hybridized carbons (Fsp3) is 0.200. The molecule has 6 heteroatoms. The zero-order valence-corrected chi connectivity index (χ0v) is 14.9. The predicted octanol–water partition coefficient (Wildman–Crippen LogP) is 4.40. The quantitative estimate of drug-likeness (QED) is 0.738. The average Bonchev–Trinajstić information content (AvgIpc) is 2.62. The van der Waals surface area contributed by atoms with Crippen molar-refractivity contribution in [2.24, 2.45) is 7.05 Å². The number of nitrogens with zero attached hydrogens (tertiary/aromatic N) is 2. The van der Waals surface area contributed by atoms with E-state index in [9.17, 15) is 9.18 Å². The van der Waals surface area contributed by atoms with Crippen LogP contribution in [0.5, 0.6) is 11.6 Å². The molecule has 2 aromatic carbocycles. The van der Waals surface area contributed by atoms with E-state index in [0.29, 0.717) is 22.9 Å². The Morgan fingerprint density at radius 3 is 2.54 bits per heavy atom. The molecule has 0 aliphatic heterocycles. The summed E-state index contributed by atoms with van der Waals surface area (Å²) in [7, 11) is 1.64. The summed E-state index contributed by atoms with van der Waals surface area (Å²) in [6.07, 6.45) is 1.54. The maximum absolute atomic E-state index is 12.6. The number of hydrogen-bond acceptors (Lipinski definition) is 4. The smallest absolute Gasteiger partial charge is 0.293 e. The number of ether oxygens (including phenoxy) is 1. The minimum Gasteiger partial charge on any atom is -0.437 e. The van der Waals surface area contributed by atoms with Crippen molar-refractivity contribution >= 4 is 11.5 Å². The van der Waals surface area contributed by atoms with Crippen molar-refractivity contribution in [3.63, 3.8) is 0 Å². The first-order chi connectivity index (χ1) is 12.5. The van der Waals surface area contributed by atoms with Gasteiger partial charge in [-0.15, -0.1) is 0 Å². The summed E-state index contributed by atoms with van der Waals surface area (Å²) in [6, 6.07) is 12.6. The van der Waals surface area contributed by atoms with Gasteiger partial charge in [-0.25, -0.2) is 4.39 Å². The second-order valence-electron chi connectivity index (χ2n) is 6.17. The van der Waals surface area contributed by atoms with Gasteiger partial charge in [-0.2, -0.15) is 4.98 Å². The molecule has 0 spiro atoms. The Morgan fingerprint density at radius 2 is 1.88 bits per heavy atom. The zero-order valence-electron chi connectivity index (χ0n) is 14.9. The Hall–Kier alpha value is -3.15. The molecule has 1 heterocycles. The van der Waals surface area contributed by atoms with E-state index in [1.54, 1.807) is 37.5 Å². The standard InChI is InChI=1S/C20H20FN3O2/c1-13-4-9-17(14(2)10-13)26-18-12-24(3)20(25)19(23-18)22-16-7-5-15(11-21)6-8-16/h4-10,12H,11H2,1-3H3,(H,22,23). The van der Waals surface area contributed by atoms with Crippen LogP contribution in [0.2, 0.25) is 0 Å². The number of aryl methyl sites for hydroxylation is 3. The number of nitrogens with one attached hydrogen (secondary N) is 1. The van der Waals surface area contributed by atoms with Crippen molar-refractivity contribution in [3.05, 3.63) is 75.7 Å². The highest BCUT2D eigenvalue weighted by molar-refractivity contribution is 5.56. The summed E-state index contributed by atoms with van der Waals surface area (Å²) in [5, 5.41) is 2.97. The highest BCUT2D eigenvalue weighted by Crippen LogP contribution is 2.25. The molecule has 0 amide bonds. The van der Waals surface area contributed by atoms with Crippen molar-refractivity contribution in [2.45, 2.75) is 20.5 Å². The van der Waals surface area contributed by atoms with Crippen LogP contribution < -0.4 is 15.6 Å². The number of rotatable bonds is 5. The van der Waals surface area contributed by atoms with Crippen LogP contribution in [-0.4, -0.2) is 9.55 Å². The topological polar surface area (TPSA) is 56.1 Å². The first-order valence-corrected chi connectivity index (χ1v) is 8.21. The van der Waals surface area contributed by atoms with E-state index < -0.39 is 6.67 Å². The molecule has 26 heavy (non-hydrogen) atoms. The van der Waals surface area contributed by atoms with Crippen LogP contribution in [-0.2, 0) is 13.7 Å². The van der Waals surface area contributed by atoms with Gasteiger partial charge in [0, 0.05) is 12.7 Å². The molecule has 0 radical (unpaired) electrons. The number of hydrogen-bond donors (Lipinski definition) is 1. The molecule has 3 rings (SSSR count). The Balaban J connectivity index is 1.89. The van der Waals surface area contributed by atoms with Gasteiger partial charge in [0.1, 0.15) is 12.4 Å². The lowest BCUT2D eigenvalue weighted by molar-refractivity contribution is 0.452. The maximum Gasteiger partial charge on any atom is 0.293 e. The van der Waals surface area contributed by atoms with Gasteiger partial charge >= 0.3 is 0 Å². The van der Waals surface area contributed by atoms with E-state index in [-0.39, 0.29) is 11.4 Å². The van der Waals surface area contributed by atoms with Crippen LogP contribution in [0.25, 0.3) is 0 Å². The third-order valence-electron chi connectivity index (χ3n) is 3.96. The molecule has 0 fully saturated rings. The molecule has 5 nitrogen and oxygen atoms in total. The summed E-state index contributed by atoms with van der Waals surface area (Å²) in [5.41, 5.74) is 3.06. The molecule has 0 aliphatic rings. The summed E-state index contributed by atoms with van der Waals surface area (Å²) in [4.78, 5) is 16.6. The summed E-state index contributed by atoms with van der Waals surface area (Å²) >= 11 is 0. The molecule has 0 unspecified atom stereocenters. The van der Waals surface area contributed by atoms with Gasteiger partial charge in [0.05, 0.1) is 6.20 Å². The number of halogens is 1. The van der Waals surface area contributed by atoms with Crippen LogP contribution in [0.4, 0.5) is 15.9 Å². The number of aromatic nitrogens is 2. The first kappa shape index (κ1) is 17.7. The van der Waals surface area contributed by atoms with E-state index in [1.807, 2.05) is 32.0 Å². The summed E-state index contributed by atoms with van der Waals surface area (Å²) < 4.78 is 19.9. The average molecular weight is 353 g/mol. The van der Waals surface area contributed by atoms with E-state index in [2.05, 4.69) is 10.3 Å². The van der Waals surface area contributed by atoms with Crippen LogP contribution in [0, 0.1) is 13.8 Å². The molecular weight excluding hydrogens is 333 g/mol. The molecule has 1 aromatic heterocycles. The maximum atomic E-state index is 12.6. The van der Waals surface area contributed by atoms with E-state index in [1.165, 1.54) is 4.57 Å². The van der Waals surface area contributed by atoms with Crippen molar-refractivity contribution in [2.75, 3.05) is 5.32 Å². The third kappa shape index (κ3) is 3.91. The van der Waals surface area contributed by atoms with E-state index in [4.69, 9.17) is 4.74 Å². The predicted molar refractivity (Wildman–Crippen MR) is 100 cm³/mol. The molecule has 0 saturated carbocycles. The Bertz CT molecular complexity index is 981. The monoisotopic (exact) mass is 353 g/mol. The van der Waals surface area contributed by atoms with E-state index >= 15 is 0 Å². The van der Waals surface area contributed by atoms with Gasteiger partial charge in [-0.3, -0.25) is 4.79 Å². The minimum absolute atomic E-state index is 0.141. The van der Waals surface area contributed by atoms with Crippen LogP contribution in [0.3, 0.4) is 0 Å². The molecule has 0 aliphatic carbocycles. The Kier molecular flexibility index (Phi) is 5.02. The Morgan fingerprint density at radius 1 is 1.15 bits per heavy atom. The number of alkyl halides is 1. The van der Waals surface area contributed by atoms with Crippen molar-refractivity contribution in [1.82, 2.24) is 9.55 Å². The van der Waals surface area contributed by atoms with Crippen LogP contribution in [0.15, 0.2) is 53.5 Å². The number of benzene rings is 2. The van der Waals surface area contributed by atoms with Crippen LogP contribution in [0.1, 0.15) is 16.7 Å². The SMILES string of the molecule is Cc1ccc(Oc2cn(C)c(=O)c(Nc3ccc(CF)cc3)n2)c(C)c1. The number of anilines is 2. The fourth-order valence-corrected chi connectivity index (χ4v) is 2.55. The molecule has 0 bridgehead atoms. The second-order valence-corrected chi connectivity index (χ2v) is 6.17. The molecule has 1 N–H and O–H groups in total. The molecular formula is C20H20FN3O2. The lowest BCUT2D eigenvalue weighted by atomic mass is 10.1. The van der Waals surface area contributed by atoms with Gasteiger partial charge < -0.3 is 14.6 Å². The van der Waals surface area contributed by atoms with Crippen molar-refractivity contribution in [3.8, 4) is 11.6 Å². The van der Waals surface area contributed by atoms with Crippen LogP contribution >= 0.6 is 0 Å². The molecule has 0 atom stereocenters. The van der Waals surface area contributed by atoms with Gasteiger partial charge in [0.15, 0.2) is 0 Å². The van der Waals surface area contributed by atoms with E-state index in [0.717, 1.165) is 11.1 Å². The van der Waals surface area contributed by atoms with Gasteiger partial charge in [-0.1, -0.05) is 29.8 Å². The molecule has 0 saturated heterocycles. The lowest BCUT2D eigenvalue weighted by Crippen LogP contribution is -2.21. The largest absolute Gasteiger partial charge is 0.437 e. The van der Waals surface area contributed by atoms with Gasteiger partial charge in [0.25, 0.3) is 5.56 Å². The second kappa shape index (κ2) is 7.39. The normalized spacial score (nSPS) is 10.6. The highest BCUT2D eigenvalue weighted by atomic mass is 19.1. The fourth-order valence-electron chi connectivity index (χ4n) is 2.55. The molecule has 3 aromatic rings. The summed E-state index contributed by atoms with van der Waals surface area (Å²) in [5.74, 6) is 1.13. The van der Waals surface area contributed by atoms with Gasteiger partial charge in [0.2, 0.25) is 11.7 Å². The third-order valence-corrected chi connectivity index (χ3v) is 3.96. The van der Waals surface area contributed by atoms with Crippen molar-refractivity contribution < 1.29 is 9.13 Å². The van der Waals surface area contributed by atoms with Gasteiger partial charge in [-0.05, 0) is 43.2 Å². The minimum atomic E-state index is -0.528. The zero-order chi connectivity index (χ0) is 18.7. The molecule has 134 valence electrons. The lowest BCUT2D eigenvalue weighted by Gasteiger charge is -2.12. The first-order valence-electron chi connectivity index (χ1n) is 8.21. The van der Waals surface area contributed by atoms with Crippen molar-refractivity contribution in [1.29, 1.82) is 0 Å². The Labute approximate surface area is 151 Å². The highest BCUT2D eigenvalue weighted by Gasteiger charge is 2.10. The summed E-state index contributed by atoms with van der Waals surface area (Å²) in [6.45, 7) is 3.44.